The Morgan fingerprint density at radius 2 is 1.75 bits per heavy atom. The molecule has 0 spiro atoms. The number of benzene rings is 1. The van der Waals surface area contributed by atoms with Gasteiger partial charge in [-0.2, -0.15) is 0 Å². The van der Waals surface area contributed by atoms with Gasteiger partial charge >= 0.3 is 0 Å². The number of unbranched alkanes of at least 4 members (excludes halogenated alkanes) is 3. The van der Waals surface area contributed by atoms with Crippen molar-refractivity contribution in [2.75, 3.05) is 6.61 Å². The molecule has 0 radical (unpaired) electrons. The van der Waals surface area contributed by atoms with Gasteiger partial charge in [0.2, 0.25) is 5.91 Å². The smallest absolute Gasteiger partial charge is 0.220 e. The van der Waals surface area contributed by atoms with Crippen molar-refractivity contribution in [3.8, 4) is 0 Å². The van der Waals surface area contributed by atoms with E-state index in [0.717, 1.165) is 32.1 Å². The van der Waals surface area contributed by atoms with Crippen molar-refractivity contribution in [1.82, 2.24) is 5.32 Å². The molecule has 6 heteroatoms. The first-order valence-corrected chi connectivity index (χ1v) is 10.4. The molecule has 0 saturated carbocycles. The molecule has 1 aromatic rings. The Kier molecular flexibility index (Phi) is 9.38. The first kappa shape index (κ1) is 22.8. The lowest BCUT2D eigenvalue weighted by Crippen LogP contribution is -2.65. The Balaban J connectivity index is 1.71. The van der Waals surface area contributed by atoms with Crippen molar-refractivity contribution >= 4 is 5.91 Å². The van der Waals surface area contributed by atoms with E-state index in [2.05, 4.69) is 17.4 Å². The maximum absolute atomic E-state index is 12.3. The minimum atomic E-state index is -1.22. The highest BCUT2D eigenvalue weighted by Gasteiger charge is 2.45. The number of nitrogens with one attached hydrogen (secondary N) is 1. The number of aliphatic hydroxyl groups is 3. The van der Waals surface area contributed by atoms with Crippen molar-refractivity contribution < 1.29 is 24.9 Å². The van der Waals surface area contributed by atoms with Crippen LogP contribution in [0.4, 0.5) is 0 Å². The molecule has 1 fully saturated rings. The molecule has 28 heavy (non-hydrogen) atoms. The van der Waals surface area contributed by atoms with Crippen LogP contribution in [0.2, 0.25) is 0 Å². The van der Waals surface area contributed by atoms with Crippen LogP contribution in [-0.2, 0) is 16.0 Å². The second kappa shape index (κ2) is 11.5. The molecule has 1 aliphatic rings. The summed E-state index contributed by atoms with van der Waals surface area (Å²) in [7, 11) is 0. The number of aryl methyl sites for hydroxylation is 1. The summed E-state index contributed by atoms with van der Waals surface area (Å²) in [6, 6.07) is 9.70. The SMILES string of the molecule is CC(C)[C@@H]1OC(CO)[C@@H](O)C(O)C1NC(=O)CCCCCCc1ccccc1. The number of ether oxygens (including phenoxy) is 1. The monoisotopic (exact) mass is 393 g/mol. The fourth-order valence-electron chi connectivity index (χ4n) is 3.75. The third-order valence-electron chi connectivity index (χ3n) is 5.41. The van der Waals surface area contributed by atoms with E-state index in [-0.39, 0.29) is 18.4 Å². The van der Waals surface area contributed by atoms with Crippen LogP contribution in [0.15, 0.2) is 30.3 Å². The van der Waals surface area contributed by atoms with E-state index < -0.39 is 30.5 Å². The molecule has 1 heterocycles. The summed E-state index contributed by atoms with van der Waals surface area (Å²) in [5, 5.41) is 32.7. The van der Waals surface area contributed by atoms with E-state index >= 15 is 0 Å². The van der Waals surface area contributed by atoms with Gasteiger partial charge in [0.1, 0.15) is 18.3 Å². The van der Waals surface area contributed by atoms with E-state index in [4.69, 9.17) is 4.74 Å². The number of hydrogen-bond donors (Lipinski definition) is 4. The number of carbonyl (C=O) groups excluding carboxylic acids is 1. The number of hydrogen-bond acceptors (Lipinski definition) is 5. The van der Waals surface area contributed by atoms with Crippen LogP contribution < -0.4 is 5.32 Å². The molecule has 158 valence electrons. The van der Waals surface area contributed by atoms with Crippen LogP contribution >= 0.6 is 0 Å². The highest BCUT2D eigenvalue weighted by Crippen LogP contribution is 2.26. The fraction of sp³-hybridized carbons (Fsp3) is 0.682. The molecule has 3 unspecified atom stereocenters. The summed E-state index contributed by atoms with van der Waals surface area (Å²) in [6.45, 7) is 3.48. The number of aliphatic hydroxyl groups excluding tert-OH is 3. The summed E-state index contributed by atoms with van der Waals surface area (Å²) in [6.07, 6.45) is 1.72. The summed E-state index contributed by atoms with van der Waals surface area (Å²) in [4.78, 5) is 12.3. The van der Waals surface area contributed by atoms with E-state index in [1.54, 1.807) is 0 Å². The van der Waals surface area contributed by atoms with E-state index in [0.29, 0.717) is 6.42 Å². The quantitative estimate of drug-likeness (QED) is 0.454. The standard InChI is InChI=1S/C22H35NO5/c1-15(2)22-19(21(27)20(26)17(14-24)28-22)23-18(25)13-9-4-3-6-10-16-11-7-5-8-12-16/h5,7-8,11-12,15,17,19-22,24,26-27H,3-4,6,9-10,13-14H2,1-2H3,(H,23,25)/t17?,19?,20-,21?,22+/m1/s1. The third kappa shape index (κ3) is 6.55. The summed E-state index contributed by atoms with van der Waals surface area (Å²) >= 11 is 0. The maximum Gasteiger partial charge on any atom is 0.220 e. The van der Waals surface area contributed by atoms with Gasteiger partial charge in [-0.3, -0.25) is 4.79 Å². The predicted molar refractivity (Wildman–Crippen MR) is 108 cm³/mol. The van der Waals surface area contributed by atoms with Gasteiger partial charge in [0.05, 0.1) is 18.8 Å². The van der Waals surface area contributed by atoms with Gasteiger partial charge in [-0.25, -0.2) is 0 Å². The van der Waals surface area contributed by atoms with Crippen LogP contribution in [0.5, 0.6) is 0 Å². The molecular weight excluding hydrogens is 358 g/mol. The molecule has 2 rings (SSSR count). The first-order chi connectivity index (χ1) is 13.4. The molecule has 1 amide bonds. The lowest BCUT2D eigenvalue weighted by molar-refractivity contribution is -0.204. The van der Waals surface area contributed by atoms with Crippen molar-refractivity contribution in [2.24, 2.45) is 5.92 Å². The van der Waals surface area contributed by atoms with Crippen LogP contribution in [0, 0.1) is 5.92 Å². The lowest BCUT2D eigenvalue weighted by Gasteiger charge is -2.44. The summed E-state index contributed by atoms with van der Waals surface area (Å²) in [5.41, 5.74) is 1.34. The average molecular weight is 394 g/mol. The Morgan fingerprint density at radius 1 is 1.07 bits per heavy atom. The molecule has 0 bridgehead atoms. The second-order valence-electron chi connectivity index (χ2n) is 8.04. The molecule has 6 nitrogen and oxygen atoms in total. The zero-order valence-electron chi connectivity index (χ0n) is 17.0. The molecule has 4 N–H and O–H groups in total. The van der Waals surface area contributed by atoms with Gasteiger partial charge in [-0.15, -0.1) is 0 Å². The van der Waals surface area contributed by atoms with E-state index in [9.17, 15) is 20.1 Å². The average Bonchev–Trinajstić information content (AvgIpc) is 2.69. The Labute approximate surface area is 167 Å². The van der Waals surface area contributed by atoms with Crippen LogP contribution in [0.25, 0.3) is 0 Å². The van der Waals surface area contributed by atoms with Crippen LogP contribution in [-0.4, -0.2) is 58.3 Å². The van der Waals surface area contributed by atoms with Gasteiger partial charge in [-0.05, 0) is 30.7 Å². The molecule has 1 aromatic carbocycles. The van der Waals surface area contributed by atoms with Gasteiger partial charge in [0.15, 0.2) is 0 Å². The minimum absolute atomic E-state index is 0.0273. The fourth-order valence-corrected chi connectivity index (χ4v) is 3.75. The molecule has 1 saturated heterocycles. The van der Waals surface area contributed by atoms with Crippen LogP contribution in [0.1, 0.15) is 51.5 Å². The largest absolute Gasteiger partial charge is 0.394 e. The number of carbonyl (C=O) groups is 1. The molecule has 0 aromatic heterocycles. The summed E-state index contributed by atoms with van der Waals surface area (Å²) in [5.74, 6) is -0.115. The third-order valence-corrected chi connectivity index (χ3v) is 5.41. The van der Waals surface area contributed by atoms with Crippen LogP contribution in [0.3, 0.4) is 0 Å². The van der Waals surface area contributed by atoms with Gasteiger partial charge in [-0.1, -0.05) is 57.0 Å². The molecule has 5 atom stereocenters. The Bertz CT molecular complexity index is 580. The predicted octanol–water partition coefficient (Wildman–Crippen LogP) is 1.80. The zero-order chi connectivity index (χ0) is 20.5. The van der Waals surface area contributed by atoms with Crippen molar-refractivity contribution in [2.45, 2.75) is 82.8 Å². The van der Waals surface area contributed by atoms with Gasteiger partial charge < -0.3 is 25.4 Å². The van der Waals surface area contributed by atoms with Crippen molar-refractivity contribution in [3.63, 3.8) is 0 Å². The first-order valence-electron chi connectivity index (χ1n) is 10.4. The highest BCUT2D eigenvalue weighted by atomic mass is 16.5. The van der Waals surface area contributed by atoms with E-state index in [1.165, 1.54) is 5.56 Å². The normalized spacial score (nSPS) is 27.7. The molecule has 0 aliphatic carbocycles. The van der Waals surface area contributed by atoms with Crippen molar-refractivity contribution in [1.29, 1.82) is 0 Å². The van der Waals surface area contributed by atoms with Gasteiger partial charge in [0, 0.05) is 6.42 Å². The number of rotatable bonds is 10. The van der Waals surface area contributed by atoms with Gasteiger partial charge in [0.25, 0.3) is 0 Å². The maximum atomic E-state index is 12.3. The minimum Gasteiger partial charge on any atom is -0.394 e. The Morgan fingerprint density at radius 3 is 2.39 bits per heavy atom. The molecule has 1 aliphatic heterocycles. The topological polar surface area (TPSA) is 99.0 Å². The lowest BCUT2D eigenvalue weighted by atomic mass is 9.87. The van der Waals surface area contributed by atoms with E-state index in [1.807, 2.05) is 32.0 Å². The zero-order valence-corrected chi connectivity index (χ0v) is 17.0. The number of amides is 1. The highest BCUT2D eigenvalue weighted by molar-refractivity contribution is 5.76. The Hall–Kier alpha value is -1.47. The summed E-state index contributed by atoms with van der Waals surface area (Å²) < 4.78 is 5.72. The second-order valence-corrected chi connectivity index (χ2v) is 8.04. The molecular formula is C22H35NO5. The van der Waals surface area contributed by atoms with Crippen molar-refractivity contribution in [3.05, 3.63) is 35.9 Å².